The van der Waals surface area contributed by atoms with Crippen LogP contribution in [-0.4, -0.2) is 61.5 Å². The Morgan fingerprint density at radius 1 is 1.18 bits per heavy atom. The normalized spacial score (nSPS) is 20.2. The molecule has 1 atom stereocenters. The number of carbonyl (C=O) groups excluding carboxylic acids is 1. The Labute approximate surface area is 168 Å². The zero-order valence-electron chi connectivity index (χ0n) is 16.9. The lowest BCUT2D eigenvalue weighted by Gasteiger charge is -2.31. The SMILES string of the molecule is COC(=O)C1CCN(CC(O)COc2ccc(CNC3CCCC3)cc2)CC1. The number of benzene rings is 1. The minimum Gasteiger partial charge on any atom is -0.491 e. The predicted molar refractivity (Wildman–Crippen MR) is 108 cm³/mol. The van der Waals surface area contributed by atoms with E-state index in [9.17, 15) is 9.90 Å². The molecule has 0 radical (unpaired) electrons. The number of hydrogen-bond donors (Lipinski definition) is 2. The molecule has 6 nitrogen and oxygen atoms in total. The third-order valence-corrected chi connectivity index (χ3v) is 5.91. The number of ether oxygens (including phenoxy) is 2. The van der Waals surface area contributed by atoms with Gasteiger partial charge in [0.25, 0.3) is 0 Å². The van der Waals surface area contributed by atoms with Gasteiger partial charge in [-0.05, 0) is 56.5 Å². The van der Waals surface area contributed by atoms with Crippen LogP contribution in [0.1, 0.15) is 44.1 Å². The Hall–Kier alpha value is -1.63. The van der Waals surface area contributed by atoms with Crippen molar-refractivity contribution in [2.45, 2.75) is 57.2 Å². The first kappa shape index (κ1) is 21.1. The first-order valence-corrected chi connectivity index (χ1v) is 10.6. The summed E-state index contributed by atoms with van der Waals surface area (Å²) >= 11 is 0. The Kier molecular flexibility index (Phi) is 8.13. The van der Waals surface area contributed by atoms with Crippen LogP contribution in [0.2, 0.25) is 0 Å². The van der Waals surface area contributed by atoms with Gasteiger partial charge < -0.3 is 24.8 Å². The highest BCUT2D eigenvalue weighted by Gasteiger charge is 2.26. The van der Waals surface area contributed by atoms with Crippen LogP contribution in [0.4, 0.5) is 0 Å². The summed E-state index contributed by atoms with van der Waals surface area (Å²) in [5.74, 6) is 0.662. The van der Waals surface area contributed by atoms with E-state index in [2.05, 4.69) is 22.3 Å². The number of carbonyl (C=O) groups is 1. The molecular weight excluding hydrogens is 356 g/mol. The molecule has 1 aliphatic carbocycles. The van der Waals surface area contributed by atoms with Gasteiger partial charge in [0.15, 0.2) is 0 Å². The Bertz CT molecular complexity index is 593. The first-order chi connectivity index (χ1) is 13.6. The van der Waals surface area contributed by atoms with Crippen molar-refractivity contribution in [2.24, 2.45) is 5.92 Å². The van der Waals surface area contributed by atoms with E-state index >= 15 is 0 Å². The van der Waals surface area contributed by atoms with Gasteiger partial charge in [0.1, 0.15) is 18.5 Å². The van der Waals surface area contributed by atoms with Gasteiger partial charge >= 0.3 is 5.97 Å². The van der Waals surface area contributed by atoms with Crippen molar-refractivity contribution in [1.82, 2.24) is 10.2 Å². The Balaban J connectivity index is 1.33. The lowest BCUT2D eigenvalue weighted by molar-refractivity contribution is -0.147. The van der Waals surface area contributed by atoms with E-state index in [-0.39, 0.29) is 18.5 Å². The van der Waals surface area contributed by atoms with Gasteiger partial charge in [-0.2, -0.15) is 0 Å². The third-order valence-electron chi connectivity index (χ3n) is 5.91. The monoisotopic (exact) mass is 390 g/mol. The molecule has 1 aromatic carbocycles. The molecule has 2 aliphatic rings. The maximum Gasteiger partial charge on any atom is 0.308 e. The standard InChI is InChI=1S/C22H34N2O4/c1-27-22(26)18-10-12-24(13-11-18)15-20(25)16-28-21-8-6-17(7-9-21)14-23-19-4-2-3-5-19/h6-9,18-20,23,25H,2-5,10-16H2,1H3. The predicted octanol–water partition coefficient (Wildman–Crippen LogP) is 2.34. The lowest BCUT2D eigenvalue weighted by atomic mass is 9.97. The number of likely N-dealkylation sites (tertiary alicyclic amines) is 1. The minimum absolute atomic E-state index is 0.00341. The van der Waals surface area contributed by atoms with Gasteiger partial charge in [-0.25, -0.2) is 0 Å². The second-order valence-corrected chi connectivity index (χ2v) is 8.07. The summed E-state index contributed by atoms with van der Waals surface area (Å²) in [6.07, 6.45) is 6.30. The number of methoxy groups -OCH3 is 1. The molecule has 1 heterocycles. The van der Waals surface area contributed by atoms with Crippen LogP contribution >= 0.6 is 0 Å². The topological polar surface area (TPSA) is 71.0 Å². The van der Waals surface area contributed by atoms with E-state index in [1.54, 1.807) is 0 Å². The van der Waals surface area contributed by atoms with Crippen LogP contribution in [0, 0.1) is 5.92 Å². The number of piperidine rings is 1. The molecule has 3 rings (SSSR count). The van der Waals surface area contributed by atoms with E-state index in [4.69, 9.17) is 9.47 Å². The molecule has 0 aromatic heterocycles. The largest absolute Gasteiger partial charge is 0.491 e. The van der Waals surface area contributed by atoms with Gasteiger partial charge in [0.05, 0.1) is 13.0 Å². The molecule has 1 aliphatic heterocycles. The van der Waals surface area contributed by atoms with Gasteiger partial charge in [-0.15, -0.1) is 0 Å². The second-order valence-electron chi connectivity index (χ2n) is 8.07. The Morgan fingerprint density at radius 3 is 2.50 bits per heavy atom. The van der Waals surface area contributed by atoms with E-state index in [1.807, 2.05) is 12.1 Å². The molecule has 1 unspecified atom stereocenters. The number of β-amino-alcohol motifs (C(OH)–C–C–N with tert-alkyl or cyclic N) is 1. The summed E-state index contributed by atoms with van der Waals surface area (Å²) in [7, 11) is 1.44. The minimum atomic E-state index is -0.543. The van der Waals surface area contributed by atoms with Crippen molar-refractivity contribution in [3.8, 4) is 5.75 Å². The van der Waals surface area contributed by atoms with E-state index in [0.717, 1.165) is 38.2 Å². The van der Waals surface area contributed by atoms with Crippen LogP contribution in [0.25, 0.3) is 0 Å². The molecule has 0 spiro atoms. The number of esters is 1. The fourth-order valence-corrected chi connectivity index (χ4v) is 4.16. The fourth-order valence-electron chi connectivity index (χ4n) is 4.16. The van der Waals surface area contributed by atoms with Crippen LogP contribution in [-0.2, 0) is 16.1 Å². The molecule has 28 heavy (non-hydrogen) atoms. The van der Waals surface area contributed by atoms with Crippen molar-refractivity contribution < 1.29 is 19.4 Å². The molecule has 0 bridgehead atoms. The first-order valence-electron chi connectivity index (χ1n) is 10.6. The summed E-state index contributed by atoms with van der Waals surface area (Å²) in [5, 5.41) is 13.9. The van der Waals surface area contributed by atoms with Gasteiger partial charge in [0, 0.05) is 19.1 Å². The van der Waals surface area contributed by atoms with Crippen molar-refractivity contribution in [1.29, 1.82) is 0 Å². The smallest absolute Gasteiger partial charge is 0.308 e. The molecule has 1 aromatic rings. The Morgan fingerprint density at radius 2 is 1.86 bits per heavy atom. The van der Waals surface area contributed by atoms with Crippen molar-refractivity contribution in [3.63, 3.8) is 0 Å². The van der Waals surface area contributed by atoms with Crippen molar-refractivity contribution >= 4 is 5.97 Å². The van der Waals surface area contributed by atoms with Gasteiger partial charge in [-0.3, -0.25) is 4.79 Å². The molecule has 1 saturated carbocycles. The van der Waals surface area contributed by atoms with E-state index in [1.165, 1.54) is 38.4 Å². The summed E-state index contributed by atoms with van der Waals surface area (Å²) in [4.78, 5) is 13.8. The van der Waals surface area contributed by atoms with Crippen LogP contribution in [0.15, 0.2) is 24.3 Å². The highest BCUT2D eigenvalue weighted by atomic mass is 16.5. The fraction of sp³-hybridized carbons (Fsp3) is 0.682. The van der Waals surface area contributed by atoms with Crippen molar-refractivity contribution in [2.75, 3.05) is 33.4 Å². The second kappa shape index (κ2) is 10.8. The molecule has 1 saturated heterocycles. The maximum absolute atomic E-state index is 11.6. The molecule has 156 valence electrons. The van der Waals surface area contributed by atoms with Crippen LogP contribution in [0.5, 0.6) is 5.75 Å². The highest BCUT2D eigenvalue weighted by Crippen LogP contribution is 2.20. The zero-order chi connectivity index (χ0) is 19.8. The highest BCUT2D eigenvalue weighted by molar-refractivity contribution is 5.72. The zero-order valence-corrected chi connectivity index (χ0v) is 16.9. The number of nitrogens with zero attached hydrogens (tertiary/aromatic N) is 1. The molecular formula is C22H34N2O4. The van der Waals surface area contributed by atoms with Gasteiger partial charge in [-0.1, -0.05) is 25.0 Å². The average molecular weight is 391 g/mol. The average Bonchev–Trinajstić information content (AvgIpc) is 3.25. The van der Waals surface area contributed by atoms with E-state index < -0.39 is 6.10 Å². The number of hydrogen-bond acceptors (Lipinski definition) is 6. The molecule has 6 heteroatoms. The van der Waals surface area contributed by atoms with E-state index in [0.29, 0.717) is 12.6 Å². The molecule has 0 amide bonds. The van der Waals surface area contributed by atoms with Crippen LogP contribution in [0.3, 0.4) is 0 Å². The summed E-state index contributed by atoms with van der Waals surface area (Å²) in [6.45, 7) is 3.35. The number of aliphatic hydroxyl groups is 1. The summed E-state index contributed by atoms with van der Waals surface area (Å²) in [5.41, 5.74) is 1.26. The number of nitrogens with one attached hydrogen (secondary N) is 1. The third kappa shape index (κ3) is 6.47. The summed E-state index contributed by atoms with van der Waals surface area (Å²) in [6, 6.07) is 8.78. The lowest BCUT2D eigenvalue weighted by Crippen LogP contribution is -2.42. The number of rotatable bonds is 9. The van der Waals surface area contributed by atoms with Crippen molar-refractivity contribution in [3.05, 3.63) is 29.8 Å². The quantitative estimate of drug-likeness (QED) is 0.631. The van der Waals surface area contributed by atoms with Crippen LogP contribution < -0.4 is 10.1 Å². The number of aliphatic hydroxyl groups excluding tert-OH is 1. The van der Waals surface area contributed by atoms with Gasteiger partial charge in [0.2, 0.25) is 0 Å². The molecule has 2 N–H and O–H groups in total. The molecule has 2 fully saturated rings. The maximum atomic E-state index is 11.6. The summed E-state index contributed by atoms with van der Waals surface area (Å²) < 4.78 is 10.6.